The molecule has 192 valence electrons. The van der Waals surface area contributed by atoms with Crippen molar-refractivity contribution in [3.8, 4) is 17.2 Å². The second-order valence-corrected chi connectivity index (χ2v) is 11.6. The Labute approximate surface area is 230 Å². The average molecular weight is 579 g/mol. The molecule has 1 aliphatic rings. The zero-order chi connectivity index (χ0) is 26.9. The SMILES string of the molecule is CN(C)C(=O)c1ccc(-c2cnc(N3CCN(S(=O)(=O)c4c(Cl)cccc4Cl)CC3)c(C#N)c2)cc1Cl. The van der Waals surface area contributed by atoms with Gasteiger partial charge in [0.1, 0.15) is 16.8 Å². The summed E-state index contributed by atoms with van der Waals surface area (Å²) in [4.78, 5) is 20.0. The minimum atomic E-state index is -3.89. The highest BCUT2D eigenvalue weighted by molar-refractivity contribution is 7.89. The molecule has 1 aromatic heterocycles. The number of benzene rings is 2. The highest BCUT2D eigenvalue weighted by atomic mass is 35.5. The van der Waals surface area contributed by atoms with Gasteiger partial charge < -0.3 is 9.80 Å². The second kappa shape index (κ2) is 10.9. The predicted molar refractivity (Wildman–Crippen MR) is 145 cm³/mol. The lowest BCUT2D eigenvalue weighted by Crippen LogP contribution is -2.49. The Bertz CT molecular complexity index is 1490. The molecule has 1 amide bonds. The van der Waals surface area contributed by atoms with Crippen molar-refractivity contribution in [3.05, 3.63) is 74.9 Å². The summed E-state index contributed by atoms with van der Waals surface area (Å²) in [5.74, 6) is 0.255. The van der Waals surface area contributed by atoms with Gasteiger partial charge in [-0.05, 0) is 35.9 Å². The van der Waals surface area contributed by atoms with E-state index in [9.17, 15) is 18.5 Å². The molecule has 1 aliphatic heterocycles. The number of hydrogen-bond acceptors (Lipinski definition) is 6. The van der Waals surface area contributed by atoms with Crippen molar-refractivity contribution < 1.29 is 13.2 Å². The summed E-state index contributed by atoms with van der Waals surface area (Å²) in [6, 6.07) is 13.5. The fourth-order valence-electron chi connectivity index (χ4n) is 4.06. The fourth-order valence-corrected chi connectivity index (χ4v) is 6.83. The Morgan fingerprint density at radius 3 is 2.19 bits per heavy atom. The van der Waals surface area contributed by atoms with Crippen molar-refractivity contribution in [1.82, 2.24) is 14.2 Å². The standard InChI is InChI=1S/C25H22Cl3N5O3S/c1-31(2)25(34)19-7-6-16(13-22(19)28)18-12-17(14-29)24(30-15-18)32-8-10-33(11-9-32)37(35,36)23-20(26)4-3-5-21(23)27/h3-7,12-13,15H,8-11H2,1-2H3. The van der Waals surface area contributed by atoms with E-state index in [0.717, 1.165) is 0 Å². The van der Waals surface area contributed by atoms with E-state index in [2.05, 4.69) is 11.1 Å². The highest BCUT2D eigenvalue weighted by Gasteiger charge is 2.32. The zero-order valence-electron chi connectivity index (χ0n) is 20.0. The van der Waals surface area contributed by atoms with Crippen LogP contribution in [0.25, 0.3) is 11.1 Å². The van der Waals surface area contributed by atoms with Gasteiger partial charge in [0, 0.05) is 52.0 Å². The number of halogens is 3. The first-order valence-electron chi connectivity index (χ1n) is 11.2. The Kier molecular flexibility index (Phi) is 7.97. The number of amides is 1. The molecular weight excluding hydrogens is 557 g/mol. The molecule has 2 heterocycles. The molecule has 0 spiro atoms. The topological polar surface area (TPSA) is 97.6 Å². The van der Waals surface area contributed by atoms with Crippen molar-refractivity contribution in [3.63, 3.8) is 0 Å². The van der Waals surface area contributed by atoms with E-state index < -0.39 is 10.0 Å². The molecule has 0 N–H and O–H groups in total. The summed E-state index contributed by atoms with van der Waals surface area (Å²) in [5, 5.41) is 10.3. The Balaban J connectivity index is 1.54. The Morgan fingerprint density at radius 2 is 1.62 bits per heavy atom. The monoisotopic (exact) mass is 577 g/mol. The van der Waals surface area contributed by atoms with Crippen molar-refractivity contribution >= 4 is 56.6 Å². The van der Waals surface area contributed by atoms with Gasteiger partial charge in [-0.2, -0.15) is 9.57 Å². The number of pyridine rings is 1. The van der Waals surface area contributed by atoms with Crippen LogP contribution in [-0.2, 0) is 10.0 Å². The van der Waals surface area contributed by atoms with Crippen molar-refractivity contribution in [1.29, 1.82) is 5.26 Å². The largest absolute Gasteiger partial charge is 0.353 e. The van der Waals surface area contributed by atoms with Crippen molar-refractivity contribution in [2.45, 2.75) is 4.90 Å². The zero-order valence-corrected chi connectivity index (χ0v) is 23.0. The van der Waals surface area contributed by atoms with E-state index in [0.29, 0.717) is 46.2 Å². The van der Waals surface area contributed by atoms with Crippen molar-refractivity contribution in [2.24, 2.45) is 0 Å². The van der Waals surface area contributed by atoms with Crippen LogP contribution in [0.5, 0.6) is 0 Å². The van der Waals surface area contributed by atoms with Gasteiger partial charge in [0.2, 0.25) is 10.0 Å². The third-order valence-corrected chi connectivity index (χ3v) is 9.15. The first-order valence-corrected chi connectivity index (χ1v) is 13.7. The van der Waals surface area contributed by atoms with Crippen LogP contribution < -0.4 is 4.90 Å². The molecule has 0 saturated carbocycles. The quantitative estimate of drug-likeness (QED) is 0.432. The van der Waals surface area contributed by atoms with Crippen LogP contribution in [-0.4, -0.2) is 68.8 Å². The van der Waals surface area contributed by atoms with Crippen molar-refractivity contribution in [2.75, 3.05) is 45.2 Å². The summed E-state index contributed by atoms with van der Waals surface area (Å²) in [5.41, 5.74) is 2.10. The summed E-state index contributed by atoms with van der Waals surface area (Å²) >= 11 is 18.6. The summed E-state index contributed by atoms with van der Waals surface area (Å²) in [6.45, 7) is 1.01. The molecule has 0 bridgehead atoms. The summed E-state index contributed by atoms with van der Waals surface area (Å²) in [6.07, 6.45) is 1.63. The number of nitrogens with zero attached hydrogens (tertiary/aromatic N) is 5. The molecule has 0 radical (unpaired) electrons. The van der Waals surface area contributed by atoms with E-state index in [4.69, 9.17) is 34.8 Å². The predicted octanol–water partition coefficient (Wildman–Crippen LogP) is 4.79. The highest BCUT2D eigenvalue weighted by Crippen LogP contribution is 2.33. The number of sulfonamides is 1. The van der Waals surface area contributed by atoms with Crippen LogP contribution in [0, 0.1) is 11.3 Å². The van der Waals surface area contributed by atoms with E-state index in [1.165, 1.54) is 21.3 Å². The normalized spacial score (nSPS) is 14.3. The van der Waals surface area contributed by atoms with Gasteiger partial charge in [0.25, 0.3) is 5.91 Å². The molecule has 37 heavy (non-hydrogen) atoms. The van der Waals surface area contributed by atoms with Gasteiger partial charge >= 0.3 is 0 Å². The molecule has 0 atom stereocenters. The lowest BCUT2D eigenvalue weighted by atomic mass is 10.0. The van der Waals surface area contributed by atoms with Crippen LogP contribution in [0.4, 0.5) is 5.82 Å². The van der Waals surface area contributed by atoms with Crippen LogP contribution in [0.1, 0.15) is 15.9 Å². The number of carbonyl (C=O) groups excluding carboxylic acids is 1. The number of hydrogen-bond donors (Lipinski definition) is 0. The van der Waals surface area contributed by atoms with E-state index in [1.54, 1.807) is 50.6 Å². The Morgan fingerprint density at radius 1 is 0.973 bits per heavy atom. The molecule has 3 aromatic rings. The average Bonchev–Trinajstić information content (AvgIpc) is 2.87. The number of carbonyl (C=O) groups is 1. The van der Waals surface area contributed by atoms with Crippen LogP contribution >= 0.6 is 34.8 Å². The van der Waals surface area contributed by atoms with Crippen LogP contribution in [0.3, 0.4) is 0 Å². The maximum atomic E-state index is 13.2. The van der Waals surface area contributed by atoms with Gasteiger partial charge in [-0.1, -0.05) is 46.9 Å². The minimum absolute atomic E-state index is 0.0677. The van der Waals surface area contributed by atoms with Gasteiger partial charge in [-0.15, -0.1) is 0 Å². The van der Waals surface area contributed by atoms with Crippen LogP contribution in [0.2, 0.25) is 15.1 Å². The molecule has 1 saturated heterocycles. The van der Waals surface area contributed by atoms with E-state index in [1.807, 2.05) is 4.90 Å². The molecule has 1 fully saturated rings. The molecule has 2 aromatic carbocycles. The molecule has 4 rings (SSSR count). The maximum absolute atomic E-state index is 13.2. The maximum Gasteiger partial charge on any atom is 0.254 e. The molecule has 0 aliphatic carbocycles. The Hall–Kier alpha value is -2.87. The third-order valence-electron chi connectivity index (χ3n) is 5.98. The first-order chi connectivity index (χ1) is 17.5. The molecule has 0 unspecified atom stereocenters. The third kappa shape index (κ3) is 5.40. The molecule has 12 heteroatoms. The minimum Gasteiger partial charge on any atom is -0.353 e. The second-order valence-electron chi connectivity index (χ2n) is 8.54. The molecule has 8 nitrogen and oxygen atoms in total. The summed E-state index contributed by atoms with van der Waals surface area (Å²) < 4.78 is 27.7. The fraction of sp³-hybridized carbons (Fsp3) is 0.240. The smallest absolute Gasteiger partial charge is 0.254 e. The van der Waals surface area contributed by atoms with Gasteiger partial charge in [0.05, 0.1) is 26.2 Å². The number of rotatable bonds is 5. The van der Waals surface area contributed by atoms with Gasteiger partial charge in [-0.25, -0.2) is 13.4 Å². The van der Waals surface area contributed by atoms with Gasteiger partial charge in [0.15, 0.2) is 0 Å². The lowest BCUT2D eigenvalue weighted by molar-refractivity contribution is 0.0828. The number of anilines is 1. The lowest BCUT2D eigenvalue weighted by Gasteiger charge is -2.35. The van der Waals surface area contributed by atoms with Crippen LogP contribution in [0.15, 0.2) is 53.6 Å². The van der Waals surface area contributed by atoms with E-state index in [-0.39, 0.29) is 33.9 Å². The number of piperazine rings is 1. The molecular formula is C25H22Cl3N5O3S. The first kappa shape index (κ1) is 27.2. The van der Waals surface area contributed by atoms with Gasteiger partial charge in [-0.3, -0.25) is 4.79 Å². The summed E-state index contributed by atoms with van der Waals surface area (Å²) in [7, 11) is -0.592. The van der Waals surface area contributed by atoms with E-state index >= 15 is 0 Å². The number of nitriles is 1. The number of aromatic nitrogens is 1.